The molecular weight excluding hydrogens is 489 g/mol. The smallest absolute Gasteiger partial charge is 0.306 e. The Balaban J connectivity index is 1.18. The van der Waals surface area contributed by atoms with E-state index in [1.807, 2.05) is 24.3 Å². The fraction of sp³-hybridized carbons (Fsp3) is 0.483. The second-order valence-corrected chi connectivity index (χ2v) is 10.3. The molecule has 1 aliphatic heterocycles. The molecule has 0 aromatic heterocycles. The van der Waals surface area contributed by atoms with Crippen LogP contribution in [0.1, 0.15) is 66.2 Å². The van der Waals surface area contributed by atoms with Crippen LogP contribution in [-0.4, -0.2) is 55.2 Å². The minimum Gasteiger partial charge on any atom is -0.487 e. The van der Waals surface area contributed by atoms with Crippen molar-refractivity contribution in [3.8, 4) is 5.75 Å². The maximum Gasteiger partial charge on any atom is 0.306 e. The predicted octanol–water partition coefficient (Wildman–Crippen LogP) is 4.24. The molecule has 2 aliphatic rings. The van der Waals surface area contributed by atoms with Crippen molar-refractivity contribution in [1.29, 1.82) is 0 Å². The highest BCUT2D eigenvalue weighted by atomic mass is 19.1. The first-order chi connectivity index (χ1) is 18.3. The molecule has 1 aliphatic carbocycles. The van der Waals surface area contributed by atoms with Gasteiger partial charge in [0.1, 0.15) is 0 Å². The number of anilines is 1. The first kappa shape index (κ1) is 27.4. The molecule has 2 amide bonds. The van der Waals surface area contributed by atoms with Crippen LogP contribution in [0, 0.1) is 17.7 Å². The zero-order valence-corrected chi connectivity index (χ0v) is 21.7. The summed E-state index contributed by atoms with van der Waals surface area (Å²) in [6.07, 6.45) is 4.21. The van der Waals surface area contributed by atoms with Crippen LogP contribution in [0.2, 0.25) is 0 Å². The van der Waals surface area contributed by atoms with E-state index in [9.17, 15) is 18.8 Å². The van der Waals surface area contributed by atoms with E-state index < -0.39 is 17.7 Å². The number of carbonyl (C=O) groups is 3. The summed E-state index contributed by atoms with van der Waals surface area (Å²) < 4.78 is 20.3. The van der Waals surface area contributed by atoms with Crippen molar-refractivity contribution >= 4 is 23.5 Å². The predicted molar refractivity (Wildman–Crippen MR) is 142 cm³/mol. The average Bonchev–Trinajstić information content (AvgIpc) is 2.92. The molecule has 1 heterocycles. The van der Waals surface area contributed by atoms with E-state index in [4.69, 9.17) is 9.84 Å². The number of ether oxygens (including phenoxy) is 1. The van der Waals surface area contributed by atoms with Crippen LogP contribution in [0.5, 0.6) is 5.75 Å². The molecule has 204 valence electrons. The number of hydrogen-bond donors (Lipinski definition) is 3. The van der Waals surface area contributed by atoms with E-state index >= 15 is 0 Å². The SMILES string of the molecule is CC1CCN(c2ccc(C(=O)NCCNC(=O)c3ccc(O[C@H]4CC[C@@H](C(=O)O)CC4)c(F)c3)cc2)CC1. The van der Waals surface area contributed by atoms with Crippen molar-refractivity contribution in [3.63, 3.8) is 0 Å². The first-order valence-electron chi connectivity index (χ1n) is 13.4. The second kappa shape index (κ2) is 12.8. The van der Waals surface area contributed by atoms with Crippen LogP contribution >= 0.6 is 0 Å². The molecule has 0 bridgehead atoms. The minimum absolute atomic E-state index is 0.0495. The Bertz CT molecular complexity index is 1120. The monoisotopic (exact) mass is 525 g/mol. The van der Waals surface area contributed by atoms with Crippen LogP contribution in [0.25, 0.3) is 0 Å². The molecule has 4 rings (SSSR count). The summed E-state index contributed by atoms with van der Waals surface area (Å²) in [4.78, 5) is 38.3. The fourth-order valence-electron chi connectivity index (χ4n) is 4.99. The highest BCUT2D eigenvalue weighted by Gasteiger charge is 2.27. The number of benzene rings is 2. The summed E-state index contributed by atoms with van der Waals surface area (Å²) in [5.41, 5.74) is 1.83. The molecule has 38 heavy (non-hydrogen) atoms. The summed E-state index contributed by atoms with van der Waals surface area (Å²) in [5, 5.41) is 14.6. The molecule has 0 unspecified atom stereocenters. The molecule has 2 fully saturated rings. The van der Waals surface area contributed by atoms with Gasteiger partial charge < -0.3 is 25.4 Å². The van der Waals surface area contributed by atoms with Gasteiger partial charge in [0.2, 0.25) is 0 Å². The Morgan fingerprint density at radius 1 is 0.895 bits per heavy atom. The van der Waals surface area contributed by atoms with E-state index in [0.717, 1.165) is 30.8 Å². The lowest BCUT2D eigenvalue weighted by Crippen LogP contribution is -2.35. The van der Waals surface area contributed by atoms with Gasteiger partial charge >= 0.3 is 5.97 Å². The van der Waals surface area contributed by atoms with E-state index in [1.165, 1.54) is 25.0 Å². The summed E-state index contributed by atoms with van der Waals surface area (Å²) in [5.74, 6) is -1.68. The van der Waals surface area contributed by atoms with Crippen molar-refractivity contribution in [3.05, 3.63) is 59.4 Å². The first-order valence-corrected chi connectivity index (χ1v) is 13.4. The second-order valence-electron chi connectivity index (χ2n) is 10.3. The van der Waals surface area contributed by atoms with Crippen LogP contribution < -0.4 is 20.3 Å². The van der Waals surface area contributed by atoms with Gasteiger partial charge in [-0.15, -0.1) is 0 Å². The Morgan fingerprint density at radius 2 is 1.47 bits per heavy atom. The van der Waals surface area contributed by atoms with Gasteiger partial charge in [-0.3, -0.25) is 14.4 Å². The van der Waals surface area contributed by atoms with Gasteiger partial charge in [0, 0.05) is 43.0 Å². The van der Waals surface area contributed by atoms with Crippen molar-refractivity contribution in [2.75, 3.05) is 31.1 Å². The third kappa shape index (κ3) is 7.24. The summed E-state index contributed by atoms with van der Waals surface area (Å²) in [6.45, 7) is 4.76. The number of halogens is 1. The van der Waals surface area contributed by atoms with Gasteiger partial charge in [0.05, 0.1) is 12.0 Å². The molecule has 0 atom stereocenters. The largest absolute Gasteiger partial charge is 0.487 e. The molecule has 2 aromatic carbocycles. The van der Waals surface area contributed by atoms with E-state index in [2.05, 4.69) is 22.5 Å². The minimum atomic E-state index is -0.804. The van der Waals surface area contributed by atoms with Gasteiger partial charge in [-0.2, -0.15) is 0 Å². The number of aliphatic carboxylic acids is 1. The number of carboxylic acid groups (broad SMARTS) is 1. The molecule has 9 heteroatoms. The van der Waals surface area contributed by atoms with E-state index in [0.29, 0.717) is 31.2 Å². The third-order valence-corrected chi connectivity index (χ3v) is 7.49. The zero-order valence-electron chi connectivity index (χ0n) is 21.7. The van der Waals surface area contributed by atoms with Gasteiger partial charge in [-0.1, -0.05) is 6.92 Å². The van der Waals surface area contributed by atoms with Gasteiger partial charge in [-0.25, -0.2) is 4.39 Å². The van der Waals surface area contributed by atoms with Gasteiger partial charge in [0.15, 0.2) is 11.6 Å². The molecule has 3 N–H and O–H groups in total. The maximum atomic E-state index is 14.6. The summed E-state index contributed by atoms with van der Waals surface area (Å²) in [6, 6.07) is 11.6. The molecule has 0 radical (unpaired) electrons. The average molecular weight is 526 g/mol. The highest BCUT2D eigenvalue weighted by molar-refractivity contribution is 5.95. The molecular formula is C29H36FN3O5. The van der Waals surface area contributed by atoms with Crippen molar-refractivity contribution < 1.29 is 28.6 Å². The molecule has 0 spiro atoms. The van der Waals surface area contributed by atoms with Gasteiger partial charge in [0.25, 0.3) is 11.8 Å². The van der Waals surface area contributed by atoms with Crippen LogP contribution in [0.3, 0.4) is 0 Å². The lowest BCUT2D eigenvalue weighted by Gasteiger charge is -2.32. The van der Waals surface area contributed by atoms with Crippen molar-refractivity contribution in [1.82, 2.24) is 10.6 Å². The van der Waals surface area contributed by atoms with E-state index in [-0.39, 0.29) is 42.3 Å². The number of piperidine rings is 1. The quantitative estimate of drug-likeness (QED) is 0.423. The van der Waals surface area contributed by atoms with Crippen molar-refractivity contribution in [2.24, 2.45) is 11.8 Å². The summed E-state index contributed by atoms with van der Waals surface area (Å²) in [7, 11) is 0. The number of amides is 2. The Hall–Kier alpha value is -3.62. The summed E-state index contributed by atoms with van der Waals surface area (Å²) >= 11 is 0. The number of nitrogens with one attached hydrogen (secondary N) is 2. The molecule has 1 saturated carbocycles. The zero-order chi connectivity index (χ0) is 27.1. The van der Waals surface area contributed by atoms with Crippen molar-refractivity contribution in [2.45, 2.75) is 51.6 Å². The van der Waals surface area contributed by atoms with Crippen LogP contribution in [0.15, 0.2) is 42.5 Å². The lowest BCUT2D eigenvalue weighted by molar-refractivity contribution is -0.143. The number of hydrogen-bond acceptors (Lipinski definition) is 5. The lowest BCUT2D eigenvalue weighted by atomic mass is 9.87. The number of carbonyl (C=O) groups excluding carboxylic acids is 2. The standard InChI is InChI=1S/C29H36FN3O5/c1-19-12-16-33(17-13-19)23-7-2-20(3-8-23)27(34)31-14-15-32-28(35)22-6-11-26(25(30)18-22)38-24-9-4-21(5-10-24)29(36)37/h2-3,6-8,11,18-19,21,24H,4-5,9-10,12-17H2,1H3,(H,31,34)(H,32,35)(H,36,37)/t21-,24+. The molecule has 2 aromatic rings. The topological polar surface area (TPSA) is 108 Å². The molecule has 1 saturated heterocycles. The fourth-order valence-corrected chi connectivity index (χ4v) is 4.99. The normalized spacial score (nSPS) is 20.0. The Morgan fingerprint density at radius 3 is 2.05 bits per heavy atom. The van der Waals surface area contributed by atoms with Crippen LogP contribution in [-0.2, 0) is 4.79 Å². The maximum absolute atomic E-state index is 14.6. The number of carboxylic acids is 1. The van der Waals surface area contributed by atoms with Gasteiger partial charge in [-0.05, 0) is 86.9 Å². The number of rotatable bonds is 9. The van der Waals surface area contributed by atoms with Crippen LogP contribution in [0.4, 0.5) is 10.1 Å². The highest BCUT2D eigenvalue weighted by Crippen LogP contribution is 2.29. The van der Waals surface area contributed by atoms with E-state index in [1.54, 1.807) is 0 Å². The molecule has 8 nitrogen and oxygen atoms in total. The number of nitrogens with zero attached hydrogens (tertiary/aromatic N) is 1. The Kier molecular flexibility index (Phi) is 9.20. The Labute approximate surface area is 222 Å². The third-order valence-electron chi connectivity index (χ3n) is 7.49.